The van der Waals surface area contributed by atoms with Crippen LogP contribution in [0.25, 0.3) is 0 Å². The second-order valence-corrected chi connectivity index (χ2v) is 8.54. The molecule has 4 fully saturated rings. The zero-order chi connectivity index (χ0) is 14.2. The summed E-state index contributed by atoms with van der Waals surface area (Å²) in [6.07, 6.45) is 15.8. The summed E-state index contributed by atoms with van der Waals surface area (Å²) >= 11 is 0. The molecule has 20 heavy (non-hydrogen) atoms. The Morgan fingerprint density at radius 3 is 2.00 bits per heavy atom. The van der Waals surface area contributed by atoms with E-state index in [9.17, 15) is 0 Å². The second-order valence-electron chi connectivity index (χ2n) is 8.54. The van der Waals surface area contributed by atoms with Crippen molar-refractivity contribution < 1.29 is 0 Å². The van der Waals surface area contributed by atoms with Gasteiger partial charge in [-0.2, -0.15) is 0 Å². The summed E-state index contributed by atoms with van der Waals surface area (Å²) in [4.78, 5) is 0. The van der Waals surface area contributed by atoms with Crippen LogP contribution in [0.3, 0.4) is 0 Å². The minimum absolute atomic E-state index is 0.498. The van der Waals surface area contributed by atoms with Crippen molar-refractivity contribution >= 4 is 0 Å². The number of unbranched alkanes of at least 4 members (excludes halogenated alkanes) is 1. The van der Waals surface area contributed by atoms with Gasteiger partial charge >= 0.3 is 0 Å². The first-order valence-corrected chi connectivity index (χ1v) is 9.40. The summed E-state index contributed by atoms with van der Waals surface area (Å²) in [7, 11) is 0. The first-order chi connectivity index (χ1) is 9.65. The van der Waals surface area contributed by atoms with Crippen LogP contribution in [-0.2, 0) is 0 Å². The molecule has 2 atom stereocenters. The Hall–Kier alpha value is -0.0400. The van der Waals surface area contributed by atoms with Gasteiger partial charge in [0.05, 0.1) is 0 Å². The lowest BCUT2D eigenvalue weighted by Gasteiger charge is -2.59. The first kappa shape index (κ1) is 14.9. The van der Waals surface area contributed by atoms with Crippen molar-refractivity contribution in [2.75, 3.05) is 0 Å². The third kappa shape index (κ3) is 2.80. The zero-order valence-corrected chi connectivity index (χ0v) is 13.7. The van der Waals surface area contributed by atoms with Crippen LogP contribution in [0.15, 0.2) is 0 Å². The van der Waals surface area contributed by atoms with E-state index in [1.807, 2.05) is 0 Å². The lowest BCUT2D eigenvalue weighted by Crippen LogP contribution is -2.54. The Labute approximate surface area is 126 Å². The molecule has 1 heteroatoms. The fourth-order valence-corrected chi connectivity index (χ4v) is 6.22. The van der Waals surface area contributed by atoms with Gasteiger partial charge in [0.1, 0.15) is 0 Å². The summed E-state index contributed by atoms with van der Waals surface area (Å²) in [5.74, 6) is 4.02. The molecule has 0 radical (unpaired) electrons. The fraction of sp³-hybridized carbons (Fsp3) is 1.00. The monoisotopic (exact) mass is 277 g/mol. The van der Waals surface area contributed by atoms with Crippen molar-refractivity contribution in [3.63, 3.8) is 0 Å². The molecule has 4 saturated carbocycles. The predicted octanol–water partition coefficient (Wildman–Crippen LogP) is 5.14. The highest BCUT2D eigenvalue weighted by atomic mass is 14.7. The van der Waals surface area contributed by atoms with Crippen molar-refractivity contribution in [3.05, 3.63) is 0 Å². The van der Waals surface area contributed by atoms with Gasteiger partial charge in [-0.3, -0.25) is 0 Å². The van der Waals surface area contributed by atoms with Gasteiger partial charge in [0, 0.05) is 6.04 Å². The maximum Gasteiger partial charge on any atom is 0.00985 e. The molecule has 116 valence electrons. The molecule has 2 N–H and O–H groups in total. The van der Waals surface area contributed by atoms with Crippen LogP contribution in [0.2, 0.25) is 0 Å². The lowest BCUT2D eigenvalue weighted by molar-refractivity contribution is -0.0706. The first-order valence-electron chi connectivity index (χ1n) is 9.40. The highest BCUT2D eigenvalue weighted by molar-refractivity contribution is 5.05. The molecule has 0 saturated heterocycles. The molecular weight excluding hydrogens is 242 g/mol. The van der Waals surface area contributed by atoms with E-state index in [4.69, 9.17) is 5.73 Å². The van der Waals surface area contributed by atoms with Gasteiger partial charge < -0.3 is 5.73 Å². The van der Waals surface area contributed by atoms with Gasteiger partial charge in [0.2, 0.25) is 0 Å². The fourth-order valence-electron chi connectivity index (χ4n) is 6.22. The van der Waals surface area contributed by atoms with Crippen molar-refractivity contribution in [1.29, 1.82) is 0 Å². The van der Waals surface area contributed by atoms with Gasteiger partial charge in [-0.25, -0.2) is 0 Å². The van der Waals surface area contributed by atoms with Crippen LogP contribution in [0.1, 0.15) is 84.5 Å². The molecule has 4 bridgehead atoms. The molecule has 4 rings (SSSR count). The summed E-state index contributed by atoms with van der Waals surface area (Å²) < 4.78 is 0. The molecule has 0 aromatic rings. The maximum absolute atomic E-state index is 6.82. The Kier molecular flexibility index (Phi) is 4.45. The van der Waals surface area contributed by atoms with Crippen LogP contribution in [0.4, 0.5) is 0 Å². The van der Waals surface area contributed by atoms with Crippen molar-refractivity contribution in [1.82, 2.24) is 0 Å². The third-order valence-electron chi connectivity index (χ3n) is 7.00. The molecular formula is C19H35N. The number of hydrogen-bond donors (Lipinski definition) is 1. The molecule has 0 aromatic heterocycles. The van der Waals surface area contributed by atoms with Crippen LogP contribution in [-0.4, -0.2) is 6.04 Å². The average Bonchev–Trinajstić information content (AvgIpc) is 2.41. The molecule has 0 spiro atoms. The van der Waals surface area contributed by atoms with Gasteiger partial charge in [-0.1, -0.05) is 39.5 Å². The SMILES string of the molecule is CCCCC(CC)CC(N)C12CC3CC(CC(C3)C1)C2. The third-order valence-corrected chi connectivity index (χ3v) is 7.00. The summed E-state index contributed by atoms with van der Waals surface area (Å²) in [6.45, 7) is 4.68. The Morgan fingerprint density at radius 2 is 1.55 bits per heavy atom. The largest absolute Gasteiger partial charge is 0.327 e. The number of nitrogens with two attached hydrogens (primary N) is 1. The normalized spacial score (nSPS) is 41.9. The Morgan fingerprint density at radius 1 is 1.00 bits per heavy atom. The minimum atomic E-state index is 0.498. The van der Waals surface area contributed by atoms with E-state index in [1.54, 1.807) is 0 Å². The molecule has 2 unspecified atom stereocenters. The van der Waals surface area contributed by atoms with E-state index in [0.717, 1.165) is 23.7 Å². The molecule has 0 aromatic carbocycles. The maximum atomic E-state index is 6.82. The van der Waals surface area contributed by atoms with Gasteiger partial charge in [0.25, 0.3) is 0 Å². The van der Waals surface area contributed by atoms with Gasteiger partial charge in [0.15, 0.2) is 0 Å². The smallest absolute Gasteiger partial charge is 0.00985 e. The van der Waals surface area contributed by atoms with Crippen molar-refractivity contribution in [2.24, 2.45) is 34.8 Å². The Bertz CT molecular complexity index is 286. The average molecular weight is 277 g/mol. The number of rotatable bonds is 7. The molecule has 1 nitrogen and oxygen atoms in total. The highest BCUT2D eigenvalue weighted by Gasteiger charge is 2.53. The van der Waals surface area contributed by atoms with Crippen LogP contribution in [0, 0.1) is 29.1 Å². The summed E-state index contributed by atoms with van der Waals surface area (Å²) in [6, 6.07) is 0.498. The van der Waals surface area contributed by atoms with Crippen LogP contribution < -0.4 is 5.73 Å². The molecule has 0 heterocycles. The van der Waals surface area contributed by atoms with E-state index in [0.29, 0.717) is 11.5 Å². The molecule has 0 aliphatic heterocycles. The van der Waals surface area contributed by atoms with E-state index < -0.39 is 0 Å². The Balaban J connectivity index is 1.62. The zero-order valence-electron chi connectivity index (χ0n) is 13.7. The summed E-state index contributed by atoms with van der Waals surface area (Å²) in [5.41, 5.74) is 7.38. The molecule has 4 aliphatic carbocycles. The van der Waals surface area contributed by atoms with E-state index >= 15 is 0 Å². The number of hydrogen-bond acceptors (Lipinski definition) is 1. The quantitative estimate of drug-likeness (QED) is 0.685. The lowest BCUT2D eigenvalue weighted by atomic mass is 9.47. The van der Waals surface area contributed by atoms with E-state index in [-0.39, 0.29) is 0 Å². The summed E-state index contributed by atoms with van der Waals surface area (Å²) in [5, 5.41) is 0. The van der Waals surface area contributed by atoms with Crippen LogP contribution >= 0.6 is 0 Å². The topological polar surface area (TPSA) is 26.0 Å². The minimum Gasteiger partial charge on any atom is -0.327 e. The van der Waals surface area contributed by atoms with E-state index in [1.165, 1.54) is 70.6 Å². The second kappa shape index (κ2) is 5.99. The molecule has 0 amide bonds. The van der Waals surface area contributed by atoms with Gasteiger partial charge in [-0.05, 0) is 74.0 Å². The highest BCUT2D eigenvalue weighted by Crippen LogP contribution is 2.61. The van der Waals surface area contributed by atoms with Crippen molar-refractivity contribution in [3.8, 4) is 0 Å². The van der Waals surface area contributed by atoms with Gasteiger partial charge in [-0.15, -0.1) is 0 Å². The van der Waals surface area contributed by atoms with Crippen LogP contribution in [0.5, 0.6) is 0 Å². The van der Waals surface area contributed by atoms with E-state index in [2.05, 4.69) is 13.8 Å². The standard InChI is InChI=1S/C19H35N/c1-3-5-6-14(4-2)10-18(20)19-11-15-7-16(12-19)9-17(8-15)13-19/h14-18H,3-13,20H2,1-2H3. The predicted molar refractivity (Wildman–Crippen MR) is 86.5 cm³/mol. The molecule has 4 aliphatic rings. The van der Waals surface area contributed by atoms with Crippen molar-refractivity contribution in [2.45, 2.75) is 90.5 Å².